The normalized spacial score (nSPS) is 16.3. The van der Waals surface area contributed by atoms with Crippen LogP contribution in [0.3, 0.4) is 0 Å². The number of hydrogen-bond acceptors (Lipinski definition) is 3. The molecule has 2 amide bonds. The minimum absolute atomic E-state index is 0.0136. The second-order valence-electron chi connectivity index (χ2n) is 10.2. The molecule has 1 N–H and O–H groups in total. The van der Waals surface area contributed by atoms with Gasteiger partial charge in [-0.05, 0) is 48.1 Å². The zero-order valence-corrected chi connectivity index (χ0v) is 21.5. The maximum absolute atomic E-state index is 13.6. The lowest BCUT2D eigenvalue weighted by Crippen LogP contribution is -2.41. The summed E-state index contributed by atoms with van der Waals surface area (Å²) >= 11 is 0. The number of aromatic nitrogens is 2. The largest absolute Gasteiger partial charge is 0.333 e. The Balaban J connectivity index is 1.35. The van der Waals surface area contributed by atoms with E-state index >= 15 is 0 Å². The maximum atomic E-state index is 13.6. The zero-order chi connectivity index (χ0) is 26.6. The van der Waals surface area contributed by atoms with Crippen LogP contribution in [0.4, 0.5) is 10.2 Å². The molecule has 38 heavy (non-hydrogen) atoms. The summed E-state index contributed by atoms with van der Waals surface area (Å²) in [7, 11) is 0. The monoisotopic (exact) mass is 510 g/mol. The van der Waals surface area contributed by atoms with Gasteiger partial charge in [-0.3, -0.25) is 9.59 Å². The molecule has 0 spiro atoms. The van der Waals surface area contributed by atoms with Crippen molar-refractivity contribution in [3.05, 3.63) is 102 Å². The van der Waals surface area contributed by atoms with Crippen molar-refractivity contribution in [2.24, 2.45) is 11.8 Å². The van der Waals surface area contributed by atoms with Crippen molar-refractivity contribution in [2.45, 2.75) is 26.2 Å². The summed E-state index contributed by atoms with van der Waals surface area (Å²) in [4.78, 5) is 28.4. The average molecular weight is 511 g/mol. The van der Waals surface area contributed by atoms with Crippen molar-refractivity contribution < 1.29 is 14.0 Å². The standard InChI is InChI=1S/C31H31FN4O2/c1-21(2)19-35(31(38)27-17-26(27)22-9-5-3-6-10-22)20-30(37)33-29-18-28(23-11-7-4-8-12-23)34-36(29)25-15-13-24(32)14-16-25/h3-16,18,21,26-27H,17,19-20H2,1-2H3,(H,33,37)/t26-,27+/m0/s1. The van der Waals surface area contributed by atoms with Crippen LogP contribution in [0.5, 0.6) is 0 Å². The molecule has 5 rings (SSSR count). The fourth-order valence-electron chi connectivity index (χ4n) is 4.80. The fraction of sp³-hybridized carbons (Fsp3) is 0.258. The number of anilines is 1. The van der Waals surface area contributed by atoms with Gasteiger partial charge in [0.1, 0.15) is 11.6 Å². The van der Waals surface area contributed by atoms with Crippen LogP contribution in [0.2, 0.25) is 0 Å². The number of benzene rings is 3. The first-order chi connectivity index (χ1) is 18.4. The molecular weight excluding hydrogens is 479 g/mol. The van der Waals surface area contributed by atoms with Gasteiger partial charge in [0.05, 0.1) is 17.9 Å². The second kappa shape index (κ2) is 11.0. The van der Waals surface area contributed by atoms with Crippen LogP contribution < -0.4 is 5.32 Å². The Kier molecular flexibility index (Phi) is 7.36. The number of carbonyl (C=O) groups excluding carboxylic acids is 2. The third-order valence-electron chi connectivity index (χ3n) is 6.68. The van der Waals surface area contributed by atoms with Crippen molar-refractivity contribution in [3.63, 3.8) is 0 Å². The van der Waals surface area contributed by atoms with Crippen LogP contribution in [0, 0.1) is 17.7 Å². The molecule has 6 nitrogen and oxygen atoms in total. The van der Waals surface area contributed by atoms with E-state index in [1.165, 1.54) is 12.1 Å². The predicted molar refractivity (Wildman–Crippen MR) is 146 cm³/mol. The van der Waals surface area contributed by atoms with Crippen LogP contribution >= 0.6 is 0 Å². The third kappa shape index (κ3) is 5.83. The van der Waals surface area contributed by atoms with E-state index in [4.69, 9.17) is 0 Å². The Bertz CT molecular complexity index is 1400. The number of carbonyl (C=O) groups is 2. The van der Waals surface area contributed by atoms with Crippen LogP contribution in [0.15, 0.2) is 91.0 Å². The summed E-state index contributed by atoms with van der Waals surface area (Å²) in [5.41, 5.74) is 3.34. The molecule has 0 radical (unpaired) electrons. The summed E-state index contributed by atoms with van der Waals surface area (Å²) in [5, 5.41) is 7.63. The van der Waals surface area contributed by atoms with E-state index in [2.05, 4.69) is 22.5 Å². The highest BCUT2D eigenvalue weighted by Gasteiger charge is 2.46. The van der Waals surface area contributed by atoms with E-state index in [9.17, 15) is 14.0 Å². The number of nitrogens with one attached hydrogen (secondary N) is 1. The van der Waals surface area contributed by atoms with Gasteiger partial charge in [-0.25, -0.2) is 9.07 Å². The molecule has 1 heterocycles. The Hall–Kier alpha value is -4.26. The van der Waals surface area contributed by atoms with E-state index in [-0.39, 0.29) is 41.9 Å². The molecule has 0 unspecified atom stereocenters. The van der Waals surface area contributed by atoms with Crippen LogP contribution in [-0.4, -0.2) is 39.6 Å². The van der Waals surface area contributed by atoms with Gasteiger partial charge in [-0.1, -0.05) is 74.5 Å². The Morgan fingerprint density at radius 3 is 2.32 bits per heavy atom. The minimum atomic E-state index is -0.355. The maximum Gasteiger partial charge on any atom is 0.245 e. The smallest absolute Gasteiger partial charge is 0.245 e. The van der Waals surface area contributed by atoms with Crippen molar-refractivity contribution in [1.82, 2.24) is 14.7 Å². The van der Waals surface area contributed by atoms with Gasteiger partial charge in [-0.2, -0.15) is 5.10 Å². The number of nitrogens with zero attached hydrogens (tertiary/aromatic N) is 3. The summed E-state index contributed by atoms with van der Waals surface area (Å²) < 4.78 is 15.2. The second-order valence-corrected chi connectivity index (χ2v) is 10.2. The molecule has 3 aromatic carbocycles. The van der Waals surface area contributed by atoms with Crippen molar-refractivity contribution in [1.29, 1.82) is 0 Å². The SMILES string of the molecule is CC(C)CN(CC(=O)Nc1cc(-c2ccccc2)nn1-c1ccc(F)cc1)C(=O)[C@@H]1C[C@H]1c1ccccc1. The predicted octanol–water partition coefficient (Wildman–Crippen LogP) is 5.91. The van der Waals surface area contributed by atoms with Gasteiger partial charge in [-0.15, -0.1) is 0 Å². The summed E-state index contributed by atoms with van der Waals surface area (Å²) in [6.45, 7) is 4.52. The van der Waals surface area contributed by atoms with E-state index in [0.29, 0.717) is 23.7 Å². The Morgan fingerprint density at radius 1 is 1.00 bits per heavy atom. The molecule has 1 aliphatic carbocycles. The first-order valence-corrected chi connectivity index (χ1v) is 12.9. The van der Waals surface area contributed by atoms with Gasteiger partial charge < -0.3 is 10.2 Å². The number of amides is 2. The quantitative estimate of drug-likeness (QED) is 0.305. The topological polar surface area (TPSA) is 67.2 Å². The first-order valence-electron chi connectivity index (χ1n) is 12.9. The molecule has 0 aliphatic heterocycles. The number of hydrogen-bond donors (Lipinski definition) is 1. The molecule has 1 aromatic heterocycles. The van der Waals surface area contributed by atoms with Gasteiger partial charge in [0.2, 0.25) is 11.8 Å². The summed E-state index contributed by atoms with van der Waals surface area (Å²) in [6.07, 6.45) is 0.802. The highest BCUT2D eigenvalue weighted by atomic mass is 19.1. The lowest BCUT2D eigenvalue weighted by atomic mass is 10.1. The molecule has 1 aliphatic rings. The lowest BCUT2D eigenvalue weighted by molar-refractivity contribution is -0.136. The molecule has 1 saturated carbocycles. The van der Waals surface area contributed by atoms with Crippen molar-refractivity contribution >= 4 is 17.6 Å². The summed E-state index contributed by atoms with van der Waals surface area (Å²) in [5.74, 6) is 0.124. The van der Waals surface area contributed by atoms with Gasteiger partial charge in [0.25, 0.3) is 0 Å². The van der Waals surface area contributed by atoms with Crippen LogP contribution in [-0.2, 0) is 9.59 Å². The van der Waals surface area contributed by atoms with Gasteiger partial charge in [0, 0.05) is 24.1 Å². The molecule has 7 heteroatoms. The summed E-state index contributed by atoms with van der Waals surface area (Å²) in [6, 6.07) is 27.4. The van der Waals surface area contributed by atoms with Crippen LogP contribution in [0.25, 0.3) is 16.9 Å². The van der Waals surface area contributed by atoms with E-state index in [0.717, 1.165) is 17.5 Å². The number of rotatable bonds is 9. The molecule has 0 saturated heterocycles. The van der Waals surface area contributed by atoms with Gasteiger partial charge >= 0.3 is 0 Å². The molecule has 1 fully saturated rings. The third-order valence-corrected chi connectivity index (χ3v) is 6.68. The highest BCUT2D eigenvalue weighted by molar-refractivity contribution is 5.95. The van der Waals surface area contributed by atoms with Crippen molar-refractivity contribution in [3.8, 4) is 16.9 Å². The molecule has 0 bridgehead atoms. The minimum Gasteiger partial charge on any atom is -0.333 e. The van der Waals surface area contributed by atoms with Crippen molar-refractivity contribution in [2.75, 3.05) is 18.4 Å². The van der Waals surface area contributed by atoms with Crippen LogP contribution in [0.1, 0.15) is 31.7 Å². The van der Waals surface area contributed by atoms with Gasteiger partial charge in [0.15, 0.2) is 0 Å². The molecule has 194 valence electrons. The Morgan fingerprint density at radius 2 is 1.66 bits per heavy atom. The van der Waals surface area contributed by atoms with E-state index in [1.54, 1.807) is 27.8 Å². The van der Waals surface area contributed by atoms with E-state index in [1.807, 2.05) is 62.4 Å². The average Bonchev–Trinajstić information content (AvgIpc) is 3.62. The Labute approximate surface area is 222 Å². The number of halogens is 1. The lowest BCUT2D eigenvalue weighted by Gasteiger charge is -2.24. The molecule has 2 atom stereocenters. The first kappa shape index (κ1) is 25.4. The molecular formula is C31H31FN4O2. The zero-order valence-electron chi connectivity index (χ0n) is 21.5. The highest BCUT2D eigenvalue weighted by Crippen LogP contribution is 2.48. The van der Waals surface area contributed by atoms with E-state index < -0.39 is 0 Å². The fourth-order valence-corrected chi connectivity index (χ4v) is 4.80. The molecule has 4 aromatic rings.